The van der Waals surface area contributed by atoms with E-state index < -0.39 is 32.4 Å². The first-order valence-corrected chi connectivity index (χ1v) is 10.7. The molecule has 0 saturated carbocycles. The number of sulfonamides is 1. The zero-order chi connectivity index (χ0) is 23.2. The Morgan fingerprint density at radius 3 is 2.45 bits per heavy atom. The second kappa shape index (κ2) is 10.2. The number of hydrogen-bond donors (Lipinski definition) is 2. The van der Waals surface area contributed by atoms with Crippen molar-refractivity contribution < 1.29 is 27.3 Å². The number of carbonyl (C=O) groups is 1. The van der Waals surface area contributed by atoms with Crippen LogP contribution in [0.4, 0.5) is 21.5 Å². The highest BCUT2D eigenvalue weighted by atomic mass is 32.2. The predicted molar refractivity (Wildman–Crippen MR) is 113 cm³/mol. The number of halogens is 1. The van der Waals surface area contributed by atoms with Crippen molar-refractivity contribution in [3.8, 4) is 5.75 Å². The van der Waals surface area contributed by atoms with Gasteiger partial charge in [0.25, 0.3) is 0 Å². The Hall–Kier alpha value is -3.25. The van der Waals surface area contributed by atoms with Crippen LogP contribution in [-0.2, 0) is 14.8 Å². The number of benzene rings is 2. The molecule has 0 heterocycles. The topological polar surface area (TPSA) is 131 Å². The molecule has 0 saturated heterocycles. The lowest BCUT2D eigenvalue weighted by Gasteiger charge is -2.19. The van der Waals surface area contributed by atoms with Crippen molar-refractivity contribution in [2.24, 2.45) is 0 Å². The third-order valence-corrected chi connectivity index (χ3v) is 6.43. The van der Waals surface area contributed by atoms with Crippen LogP contribution in [0.2, 0.25) is 0 Å². The number of carbonyl (C=O) groups excluding carboxylic acids is 1. The summed E-state index contributed by atoms with van der Waals surface area (Å²) in [6.07, 6.45) is 0. The van der Waals surface area contributed by atoms with E-state index in [1.165, 1.54) is 35.7 Å². The maximum absolute atomic E-state index is 13.4. The van der Waals surface area contributed by atoms with Crippen LogP contribution in [0.5, 0.6) is 5.75 Å². The van der Waals surface area contributed by atoms with Crippen molar-refractivity contribution in [1.29, 1.82) is 0 Å². The van der Waals surface area contributed by atoms with Gasteiger partial charge >= 0.3 is 5.69 Å². The normalized spacial score (nSPS) is 11.3. The first-order valence-electron chi connectivity index (χ1n) is 9.29. The van der Waals surface area contributed by atoms with Gasteiger partial charge < -0.3 is 15.4 Å². The van der Waals surface area contributed by atoms with Crippen LogP contribution in [0.3, 0.4) is 0 Å². The van der Waals surface area contributed by atoms with E-state index in [1.54, 1.807) is 13.8 Å². The average Bonchev–Trinajstić information content (AvgIpc) is 2.73. The van der Waals surface area contributed by atoms with E-state index >= 15 is 0 Å². The van der Waals surface area contributed by atoms with E-state index in [4.69, 9.17) is 4.74 Å². The highest BCUT2D eigenvalue weighted by Crippen LogP contribution is 2.29. The van der Waals surface area contributed by atoms with Gasteiger partial charge in [0.1, 0.15) is 5.75 Å². The van der Waals surface area contributed by atoms with Crippen molar-refractivity contribution in [2.75, 3.05) is 37.4 Å². The highest BCUT2D eigenvalue weighted by molar-refractivity contribution is 7.89. The Kier molecular flexibility index (Phi) is 7.89. The van der Waals surface area contributed by atoms with Gasteiger partial charge in [-0.3, -0.25) is 14.9 Å². The van der Waals surface area contributed by atoms with Crippen molar-refractivity contribution in [2.45, 2.75) is 18.7 Å². The number of nitro groups is 1. The molecule has 31 heavy (non-hydrogen) atoms. The number of anilines is 2. The maximum atomic E-state index is 13.4. The van der Waals surface area contributed by atoms with E-state index in [2.05, 4.69) is 10.6 Å². The molecule has 0 bridgehead atoms. The quantitative estimate of drug-likeness (QED) is 0.417. The van der Waals surface area contributed by atoms with Gasteiger partial charge in [0, 0.05) is 24.8 Å². The third kappa shape index (κ3) is 5.67. The van der Waals surface area contributed by atoms with Crippen molar-refractivity contribution in [3.05, 3.63) is 52.3 Å². The number of ether oxygens (including phenoxy) is 1. The Balaban J connectivity index is 2.19. The first kappa shape index (κ1) is 24.0. The Morgan fingerprint density at radius 2 is 1.87 bits per heavy atom. The van der Waals surface area contributed by atoms with Gasteiger partial charge in [0.2, 0.25) is 21.7 Å². The minimum Gasteiger partial charge on any atom is -0.495 e. The zero-order valence-corrected chi connectivity index (χ0v) is 18.0. The summed E-state index contributed by atoms with van der Waals surface area (Å²) in [5, 5.41) is 16.0. The molecule has 0 unspecified atom stereocenters. The summed E-state index contributed by atoms with van der Waals surface area (Å²) in [5.74, 6) is -1.30. The Labute approximate surface area is 179 Å². The molecule has 0 atom stereocenters. The lowest BCUT2D eigenvalue weighted by Crippen LogP contribution is -2.30. The molecule has 0 aliphatic rings. The largest absolute Gasteiger partial charge is 0.495 e. The molecule has 2 aromatic rings. The molecule has 1 amide bonds. The van der Waals surface area contributed by atoms with Gasteiger partial charge in [-0.05, 0) is 30.3 Å². The fourth-order valence-electron chi connectivity index (χ4n) is 2.80. The van der Waals surface area contributed by atoms with Crippen molar-refractivity contribution >= 4 is 33.0 Å². The lowest BCUT2D eigenvalue weighted by atomic mass is 10.2. The molecule has 0 fully saturated rings. The molecule has 168 valence electrons. The van der Waals surface area contributed by atoms with E-state index in [0.29, 0.717) is 13.1 Å². The summed E-state index contributed by atoms with van der Waals surface area (Å²) in [6, 6.07) is 7.27. The molecule has 0 aromatic heterocycles. The minimum atomic E-state index is -3.75. The minimum absolute atomic E-state index is 0.00517. The van der Waals surface area contributed by atoms with Crippen LogP contribution in [-0.4, -0.2) is 50.3 Å². The highest BCUT2D eigenvalue weighted by Gasteiger charge is 2.23. The van der Waals surface area contributed by atoms with Crippen LogP contribution >= 0.6 is 0 Å². The molecule has 2 N–H and O–H groups in total. The molecule has 10 nitrogen and oxygen atoms in total. The molecule has 12 heteroatoms. The van der Waals surface area contributed by atoms with Gasteiger partial charge in [-0.1, -0.05) is 13.8 Å². The van der Waals surface area contributed by atoms with Crippen LogP contribution in [0.25, 0.3) is 0 Å². The monoisotopic (exact) mass is 454 g/mol. The third-order valence-electron chi connectivity index (χ3n) is 4.38. The molecule has 0 spiro atoms. The van der Waals surface area contributed by atoms with Crippen LogP contribution in [0.15, 0.2) is 41.3 Å². The Bertz CT molecular complexity index is 1070. The van der Waals surface area contributed by atoms with Gasteiger partial charge in [-0.15, -0.1) is 0 Å². The second-order valence-electron chi connectivity index (χ2n) is 6.28. The van der Waals surface area contributed by atoms with Crippen molar-refractivity contribution in [3.63, 3.8) is 0 Å². The second-order valence-corrected chi connectivity index (χ2v) is 8.21. The molecule has 0 aliphatic carbocycles. The SMILES string of the molecule is CCN(CC)S(=O)(=O)c1ccc(OC)c(NC(=O)CNc2ccc(F)c([N+](=O)[O-])c2)c1. The number of amides is 1. The maximum Gasteiger partial charge on any atom is 0.306 e. The number of hydrogen-bond acceptors (Lipinski definition) is 7. The molecular formula is C19H23FN4O6S. The predicted octanol–water partition coefficient (Wildman–Crippen LogP) is 2.82. The number of methoxy groups -OCH3 is 1. The number of nitrogens with zero attached hydrogens (tertiary/aromatic N) is 2. The summed E-state index contributed by atoms with van der Waals surface area (Å²) in [7, 11) is -2.37. The van der Waals surface area contributed by atoms with E-state index in [9.17, 15) is 27.7 Å². The van der Waals surface area contributed by atoms with Gasteiger partial charge in [-0.2, -0.15) is 8.70 Å². The summed E-state index contributed by atoms with van der Waals surface area (Å²) < 4.78 is 45.3. The number of nitro benzene ring substituents is 1. The number of nitrogens with one attached hydrogen (secondary N) is 2. The van der Waals surface area contributed by atoms with Crippen molar-refractivity contribution in [1.82, 2.24) is 4.31 Å². The first-order chi connectivity index (χ1) is 14.6. The summed E-state index contributed by atoms with van der Waals surface area (Å²) in [6.45, 7) is 3.72. The van der Waals surface area contributed by atoms with Gasteiger partial charge in [0.15, 0.2) is 0 Å². The zero-order valence-electron chi connectivity index (χ0n) is 17.2. The van der Waals surface area contributed by atoms with Gasteiger partial charge in [0.05, 0.1) is 29.2 Å². The molecule has 2 rings (SSSR count). The van der Waals surface area contributed by atoms with Crippen LogP contribution in [0.1, 0.15) is 13.8 Å². The average molecular weight is 454 g/mol. The molecule has 0 radical (unpaired) electrons. The van der Waals surface area contributed by atoms with Crippen LogP contribution < -0.4 is 15.4 Å². The Morgan fingerprint density at radius 1 is 1.19 bits per heavy atom. The van der Waals surface area contributed by atoms with E-state index in [1.807, 2.05) is 0 Å². The standard InChI is InChI=1S/C19H23FN4O6S/c1-4-23(5-2)31(28,29)14-7-9-18(30-3)16(11-14)22-19(25)12-21-13-6-8-15(20)17(10-13)24(26)27/h6-11,21H,4-5,12H2,1-3H3,(H,22,25). The fraction of sp³-hybridized carbons (Fsp3) is 0.316. The summed E-state index contributed by atoms with van der Waals surface area (Å²) >= 11 is 0. The lowest BCUT2D eigenvalue weighted by molar-refractivity contribution is -0.387. The van der Waals surface area contributed by atoms with E-state index in [0.717, 1.165) is 12.1 Å². The van der Waals surface area contributed by atoms with Gasteiger partial charge in [-0.25, -0.2) is 8.42 Å². The van der Waals surface area contributed by atoms with E-state index in [-0.39, 0.29) is 28.6 Å². The summed E-state index contributed by atoms with van der Waals surface area (Å²) in [5.41, 5.74) is -0.401. The molecule has 0 aliphatic heterocycles. The number of rotatable bonds is 10. The molecular weight excluding hydrogens is 431 g/mol. The smallest absolute Gasteiger partial charge is 0.306 e. The van der Waals surface area contributed by atoms with Crippen LogP contribution in [0, 0.1) is 15.9 Å². The summed E-state index contributed by atoms with van der Waals surface area (Å²) in [4.78, 5) is 22.3. The fourth-order valence-corrected chi connectivity index (χ4v) is 4.28. The molecule has 2 aromatic carbocycles.